The van der Waals surface area contributed by atoms with Gasteiger partial charge in [0, 0.05) is 38.4 Å². The quantitative estimate of drug-likeness (QED) is 0.758. The van der Waals surface area contributed by atoms with Crippen molar-refractivity contribution in [3.63, 3.8) is 0 Å². The molecule has 1 fully saturated rings. The molecule has 1 aliphatic heterocycles. The van der Waals surface area contributed by atoms with E-state index in [9.17, 15) is 9.90 Å². The molecule has 1 aliphatic rings. The van der Waals surface area contributed by atoms with Gasteiger partial charge in [0.15, 0.2) is 0 Å². The molecule has 0 bridgehead atoms. The number of aromatic nitrogens is 2. The van der Waals surface area contributed by atoms with Crippen molar-refractivity contribution >= 4 is 11.6 Å². The van der Waals surface area contributed by atoms with Crippen LogP contribution in [0.2, 0.25) is 0 Å². The molecule has 3 heterocycles. The third-order valence-corrected chi connectivity index (χ3v) is 4.02. The number of pyridine rings is 1. The molecule has 2 aromatic rings. The van der Waals surface area contributed by atoms with Crippen LogP contribution in [0.15, 0.2) is 24.5 Å². The highest BCUT2D eigenvalue weighted by Crippen LogP contribution is 2.14. The summed E-state index contributed by atoms with van der Waals surface area (Å²) in [6.07, 6.45) is 2.63. The number of amides is 1. The molecule has 1 atom stereocenters. The Bertz CT molecular complexity index is 696. The van der Waals surface area contributed by atoms with Crippen LogP contribution in [-0.4, -0.2) is 77.9 Å². The van der Waals surface area contributed by atoms with Gasteiger partial charge in [-0.3, -0.25) is 14.1 Å². The van der Waals surface area contributed by atoms with E-state index >= 15 is 0 Å². The van der Waals surface area contributed by atoms with E-state index in [2.05, 4.69) is 15.2 Å². The van der Waals surface area contributed by atoms with Crippen molar-refractivity contribution < 1.29 is 19.4 Å². The summed E-state index contributed by atoms with van der Waals surface area (Å²) in [6, 6.07) is 3.52. The summed E-state index contributed by atoms with van der Waals surface area (Å²) in [4.78, 5) is 18.7. The Labute approximate surface area is 140 Å². The van der Waals surface area contributed by atoms with Crippen molar-refractivity contribution in [2.75, 3.05) is 46.5 Å². The lowest BCUT2D eigenvalue weighted by Gasteiger charge is -2.28. The van der Waals surface area contributed by atoms with Crippen LogP contribution >= 0.6 is 0 Å². The zero-order valence-corrected chi connectivity index (χ0v) is 13.6. The summed E-state index contributed by atoms with van der Waals surface area (Å²) in [6.45, 7) is 3.70. The van der Waals surface area contributed by atoms with Crippen LogP contribution in [0.1, 0.15) is 10.5 Å². The first-order valence-corrected chi connectivity index (χ1v) is 7.95. The van der Waals surface area contributed by atoms with Crippen LogP contribution in [0.25, 0.3) is 5.65 Å². The van der Waals surface area contributed by atoms with E-state index in [1.165, 1.54) is 6.20 Å². The third kappa shape index (κ3) is 3.84. The Hall–Kier alpha value is -2.16. The first kappa shape index (κ1) is 16.7. The molecule has 0 aromatic carbocycles. The fraction of sp³-hybridized carbons (Fsp3) is 0.500. The second-order valence-electron chi connectivity index (χ2n) is 5.72. The van der Waals surface area contributed by atoms with Gasteiger partial charge >= 0.3 is 0 Å². The van der Waals surface area contributed by atoms with Crippen LogP contribution in [0.3, 0.4) is 0 Å². The molecule has 130 valence electrons. The Morgan fingerprint density at radius 1 is 1.50 bits per heavy atom. The molecule has 1 saturated heterocycles. The van der Waals surface area contributed by atoms with Gasteiger partial charge < -0.3 is 19.9 Å². The average molecular weight is 334 g/mol. The van der Waals surface area contributed by atoms with Crippen LogP contribution in [-0.2, 0) is 4.74 Å². The number of aliphatic hydroxyl groups excluding tert-OH is 1. The molecule has 0 saturated carbocycles. The monoisotopic (exact) mass is 334 g/mol. The Morgan fingerprint density at radius 3 is 3.04 bits per heavy atom. The summed E-state index contributed by atoms with van der Waals surface area (Å²) in [5, 5.41) is 12.8. The van der Waals surface area contributed by atoms with Crippen LogP contribution < -0.4 is 10.1 Å². The number of carbonyl (C=O) groups excluding carboxylic acids is 1. The largest absolute Gasteiger partial charge is 0.497 e. The van der Waals surface area contributed by atoms with Gasteiger partial charge in [0.05, 0.1) is 32.6 Å². The minimum atomic E-state index is -0.619. The van der Waals surface area contributed by atoms with E-state index in [4.69, 9.17) is 9.47 Å². The minimum absolute atomic E-state index is 0.194. The normalized spacial score (nSPS) is 16.9. The number of methoxy groups -OCH3 is 1. The number of hydrogen-bond acceptors (Lipinski definition) is 6. The second kappa shape index (κ2) is 7.61. The van der Waals surface area contributed by atoms with Crippen molar-refractivity contribution in [1.82, 2.24) is 19.6 Å². The van der Waals surface area contributed by atoms with Gasteiger partial charge in [0.2, 0.25) is 0 Å². The lowest BCUT2D eigenvalue weighted by molar-refractivity contribution is 0.0149. The minimum Gasteiger partial charge on any atom is -0.497 e. The molecular formula is C16H22N4O4. The average Bonchev–Trinajstić information content (AvgIpc) is 3.03. The maximum absolute atomic E-state index is 12.3. The summed E-state index contributed by atoms with van der Waals surface area (Å²) < 4.78 is 12.1. The van der Waals surface area contributed by atoms with Crippen molar-refractivity contribution in [2.24, 2.45) is 0 Å². The molecule has 8 nitrogen and oxygen atoms in total. The smallest absolute Gasteiger partial charge is 0.270 e. The maximum Gasteiger partial charge on any atom is 0.270 e. The first-order valence-electron chi connectivity index (χ1n) is 7.95. The summed E-state index contributed by atoms with van der Waals surface area (Å²) in [7, 11) is 1.58. The van der Waals surface area contributed by atoms with E-state index in [0.29, 0.717) is 36.8 Å². The zero-order valence-electron chi connectivity index (χ0n) is 13.6. The number of hydrogen-bond donors (Lipinski definition) is 2. The number of morpholine rings is 1. The molecule has 8 heteroatoms. The topological polar surface area (TPSA) is 88.3 Å². The number of rotatable bonds is 6. The number of nitrogens with one attached hydrogen (secondary N) is 1. The van der Waals surface area contributed by atoms with Crippen molar-refractivity contribution in [2.45, 2.75) is 6.10 Å². The molecule has 2 aromatic heterocycles. The Morgan fingerprint density at radius 2 is 2.29 bits per heavy atom. The SMILES string of the molecule is COc1ccn2c(C(=O)NCC(O)CN3CCOCC3)cnc2c1. The maximum atomic E-state index is 12.3. The van der Waals surface area contributed by atoms with Crippen molar-refractivity contribution in [3.05, 3.63) is 30.2 Å². The molecule has 1 unspecified atom stereocenters. The van der Waals surface area contributed by atoms with E-state index in [1.807, 2.05) is 0 Å². The van der Waals surface area contributed by atoms with Gasteiger partial charge in [-0.05, 0) is 6.07 Å². The van der Waals surface area contributed by atoms with Gasteiger partial charge in [-0.25, -0.2) is 4.98 Å². The van der Waals surface area contributed by atoms with E-state index in [1.54, 1.807) is 29.8 Å². The summed E-state index contributed by atoms with van der Waals surface area (Å²) in [5.74, 6) is 0.412. The lowest BCUT2D eigenvalue weighted by atomic mass is 10.3. The van der Waals surface area contributed by atoms with Gasteiger partial charge in [-0.2, -0.15) is 0 Å². The summed E-state index contributed by atoms with van der Waals surface area (Å²) >= 11 is 0. The fourth-order valence-electron chi connectivity index (χ4n) is 2.70. The van der Waals surface area contributed by atoms with E-state index in [-0.39, 0.29) is 12.5 Å². The highest BCUT2D eigenvalue weighted by Gasteiger charge is 2.17. The molecule has 24 heavy (non-hydrogen) atoms. The predicted octanol–water partition coefficient (Wildman–Crippen LogP) is -0.234. The Kier molecular flexibility index (Phi) is 5.29. The first-order chi connectivity index (χ1) is 11.7. The summed E-state index contributed by atoms with van der Waals surface area (Å²) in [5.41, 5.74) is 1.06. The molecule has 3 rings (SSSR count). The van der Waals surface area contributed by atoms with Crippen molar-refractivity contribution in [1.29, 1.82) is 0 Å². The number of aliphatic hydroxyl groups is 1. The van der Waals surface area contributed by atoms with Crippen LogP contribution in [0.5, 0.6) is 5.75 Å². The number of ether oxygens (including phenoxy) is 2. The number of carbonyl (C=O) groups is 1. The molecule has 0 radical (unpaired) electrons. The van der Waals surface area contributed by atoms with Crippen molar-refractivity contribution in [3.8, 4) is 5.75 Å². The lowest BCUT2D eigenvalue weighted by Crippen LogP contribution is -2.44. The van der Waals surface area contributed by atoms with Gasteiger partial charge in [0.1, 0.15) is 17.1 Å². The van der Waals surface area contributed by atoms with Crippen LogP contribution in [0, 0.1) is 0 Å². The fourth-order valence-corrected chi connectivity index (χ4v) is 2.70. The molecular weight excluding hydrogens is 312 g/mol. The molecule has 2 N–H and O–H groups in total. The predicted molar refractivity (Wildman–Crippen MR) is 87.3 cm³/mol. The standard InChI is InChI=1S/C16H22N4O4/c1-23-13-2-3-20-14(10-17-15(20)8-13)16(22)18-9-12(21)11-19-4-6-24-7-5-19/h2-3,8,10,12,21H,4-7,9,11H2,1H3,(H,18,22). The van der Waals surface area contributed by atoms with Gasteiger partial charge in [-0.15, -0.1) is 0 Å². The van der Waals surface area contributed by atoms with E-state index in [0.717, 1.165) is 13.1 Å². The molecule has 0 aliphatic carbocycles. The number of imidazole rings is 1. The highest BCUT2D eigenvalue weighted by molar-refractivity contribution is 5.93. The molecule has 0 spiro atoms. The highest BCUT2D eigenvalue weighted by atomic mass is 16.5. The van der Waals surface area contributed by atoms with Gasteiger partial charge in [-0.1, -0.05) is 0 Å². The molecule has 1 amide bonds. The third-order valence-electron chi connectivity index (χ3n) is 4.02. The second-order valence-corrected chi connectivity index (χ2v) is 5.72. The number of fused-ring (bicyclic) bond motifs is 1. The number of β-amino-alcohol motifs (C(OH)–C–C–N with tert-alkyl or cyclic N) is 1. The Balaban J connectivity index is 1.56. The van der Waals surface area contributed by atoms with E-state index < -0.39 is 6.10 Å². The van der Waals surface area contributed by atoms with Gasteiger partial charge in [0.25, 0.3) is 5.91 Å². The zero-order chi connectivity index (χ0) is 16.9. The number of nitrogens with zero attached hydrogens (tertiary/aromatic N) is 3. The van der Waals surface area contributed by atoms with Crippen LogP contribution in [0.4, 0.5) is 0 Å².